The van der Waals surface area contributed by atoms with E-state index < -0.39 is 8.53 Å². The van der Waals surface area contributed by atoms with E-state index in [1.54, 1.807) is 0 Å². The van der Waals surface area contributed by atoms with E-state index >= 15 is 0 Å². The van der Waals surface area contributed by atoms with Gasteiger partial charge in [-0.25, -0.2) is 4.67 Å². The molecule has 1 unspecified atom stereocenters. The van der Waals surface area contributed by atoms with Crippen LogP contribution in [0.4, 0.5) is 0 Å². The molecule has 4 aliphatic rings. The Labute approximate surface area is 423 Å². The normalized spacial score (nSPS) is 15.4. The van der Waals surface area contributed by atoms with Crippen LogP contribution in [0.25, 0.3) is 0 Å². The smallest absolute Gasteiger partial charge is 0.381 e. The number of hydrogen-bond acceptors (Lipinski definition) is 7. The monoisotopic (exact) mass is 1140 g/mol. The molecule has 0 aromatic rings. The summed E-state index contributed by atoms with van der Waals surface area (Å²) in [6.07, 6.45) is 29.5. The Morgan fingerprint density at radius 1 is 0.574 bits per heavy atom. The Bertz CT molecular complexity index is 710. The van der Waals surface area contributed by atoms with Gasteiger partial charge in [0.2, 0.25) is 0 Å². The fourth-order valence-electron chi connectivity index (χ4n) is 7.19. The topological polar surface area (TPSA) is 67.2 Å². The molecule has 0 aromatic heterocycles. The summed E-state index contributed by atoms with van der Waals surface area (Å²) in [4.78, 5) is 2.43. The van der Waals surface area contributed by atoms with Crippen molar-refractivity contribution in [2.75, 3.05) is 59.3 Å². The van der Waals surface area contributed by atoms with Crippen LogP contribution in [0.2, 0.25) is 0 Å². The zero-order valence-corrected chi connectivity index (χ0v) is 48.7. The fraction of sp³-hybridized carbons (Fsp3) is 0.860. The van der Waals surface area contributed by atoms with Gasteiger partial charge in [-0.05, 0) is 91.1 Å². The Hall–Kier alpha value is 1.41. The first kappa shape index (κ1) is 82.5. The minimum atomic E-state index is -1.08. The molecule has 0 saturated heterocycles. The first-order valence-electron chi connectivity index (χ1n) is 23.1. The van der Waals surface area contributed by atoms with E-state index in [1.165, 1.54) is 116 Å². The van der Waals surface area contributed by atoms with Crippen molar-refractivity contribution in [3.8, 4) is 6.07 Å². The van der Waals surface area contributed by atoms with Crippen molar-refractivity contribution in [3.05, 3.63) is 43.6 Å². The van der Waals surface area contributed by atoms with Gasteiger partial charge in [0.05, 0.1) is 19.1 Å². The molecule has 0 heterocycles. The summed E-state index contributed by atoms with van der Waals surface area (Å²) < 4.78 is 25.3. The summed E-state index contributed by atoms with van der Waals surface area (Å²) in [5.41, 5.74) is 0. The third-order valence-corrected chi connectivity index (χ3v) is 12.1. The Morgan fingerprint density at radius 3 is 1.18 bits per heavy atom. The van der Waals surface area contributed by atoms with E-state index in [2.05, 4.69) is 57.2 Å². The summed E-state index contributed by atoms with van der Waals surface area (Å²) in [5.74, 6) is 1.69. The second-order valence-corrected chi connectivity index (χ2v) is 16.7. The van der Waals surface area contributed by atoms with E-state index in [4.69, 9.17) is 23.8 Å². The van der Waals surface area contributed by atoms with Gasteiger partial charge < -0.3 is 67.0 Å². The number of hydrogen-bond donors (Lipinski definition) is 0. The molecule has 61 heavy (non-hydrogen) atoms. The van der Waals surface area contributed by atoms with E-state index in [0.29, 0.717) is 31.7 Å². The molecule has 4 aliphatic carbocycles. The molecule has 7 nitrogen and oxygen atoms in total. The van der Waals surface area contributed by atoms with Crippen LogP contribution in [0.3, 0.4) is 0 Å². The summed E-state index contributed by atoms with van der Waals surface area (Å²) in [6.45, 7) is 32.2. The van der Waals surface area contributed by atoms with Crippen LogP contribution in [0.5, 0.6) is 0 Å². The molecule has 4 fully saturated rings. The van der Waals surface area contributed by atoms with Crippen LogP contribution in [-0.2, 0) is 73.7 Å². The number of nitriles is 1. The average molecular weight is 1140 g/mol. The summed E-state index contributed by atoms with van der Waals surface area (Å²) in [6, 6.07) is 2.78. The van der Waals surface area contributed by atoms with Crippen molar-refractivity contribution in [2.45, 2.75) is 209 Å². The summed E-state index contributed by atoms with van der Waals surface area (Å²) in [5, 5.41) is 8.52. The van der Waals surface area contributed by atoms with Crippen LogP contribution < -0.4 is 0 Å². The average Bonchev–Trinajstić information content (AvgIpc) is 4.04. The Morgan fingerprint density at radius 2 is 0.902 bits per heavy atom. The number of rotatable bonds is 22. The van der Waals surface area contributed by atoms with Crippen LogP contribution in [-0.4, -0.2) is 80.9 Å². The molecule has 0 aliphatic heterocycles. The van der Waals surface area contributed by atoms with Gasteiger partial charge in [-0.3, -0.25) is 0 Å². The first-order valence-corrected chi connectivity index (χ1v) is 24.2. The largest absolute Gasteiger partial charge is 2.00 e. The van der Waals surface area contributed by atoms with Crippen molar-refractivity contribution in [3.63, 3.8) is 0 Å². The molecule has 0 spiro atoms. The zero-order chi connectivity index (χ0) is 40.5. The molecule has 0 N–H and O–H groups in total. The first-order chi connectivity index (χ1) is 26.4. The number of nitrogens with zero attached hydrogens (tertiary/aromatic N) is 3. The standard InChI is InChI=1S/C20H38NO2.C12H24N2O2P.2C5H10.2C2H6.4CH3.2Fe.W/c1-2-21(13-7-15-22-17-19-9-3-4-10-19)14-8-16-23-18-20-11-5-6-12-20;1-6-9-15-17(16-10-7-8-13)14(11(2)3)12(4)5;2*1-2-4-5-3-1;2*1-2;;;;;;;/h19-20H,1-18H2;11-12H,1,6-7,9-10H2,2-5H3;2*1-5H2;2*1-2H3;4*1H3;;;/q2*-1;;;;;4*-1;3*+2. The maximum Gasteiger partial charge on any atom is 2.00 e. The van der Waals surface area contributed by atoms with E-state index in [0.717, 1.165) is 77.2 Å². The summed E-state index contributed by atoms with van der Waals surface area (Å²) >= 11 is 0. The van der Waals surface area contributed by atoms with Crippen molar-refractivity contribution in [2.24, 2.45) is 11.8 Å². The molecule has 1 atom stereocenters. The molecule has 0 radical (unpaired) electrons. The minimum absolute atomic E-state index is 0. The van der Waals surface area contributed by atoms with Gasteiger partial charge in [-0.1, -0.05) is 118 Å². The molecule has 0 bridgehead atoms. The third-order valence-electron chi connectivity index (χ3n) is 10.0. The predicted octanol–water partition coefficient (Wildman–Crippen LogP) is 15.6. The van der Waals surface area contributed by atoms with Gasteiger partial charge in [-0.15, -0.1) is 6.54 Å². The number of ether oxygens (including phenoxy) is 2. The molecule has 0 aromatic carbocycles. The quantitative estimate of drug-likeness (QED) is 0.0463. The Kier molecular flexibility index (Phi) is 88.8. The molecule has 4 rings (SSSR count). The van der Waals surface area contributed by atoms with Crippen LogP contribution in [0.15, 0.2) is 0 Å². The van der Waals surface area contributed by atoms with Gasteiger partial charge in [0.1, 0.15) is 0 Å². The SMILES string of the molecule is C1CCCC1.C1CCCC1.CC.CC.[CH2-]CCOP(OCCC#N)N(C(C)C)C(C)C.[CH2-]CN(CCCOCC1CCCC1)CCCOCC1CCCC1.[CH3-].[CH3-].[CH3-].[CH3-].[Fe+2].[Fe+2].[W+2]. The van der Waals surface area contributed by atoms with Gasteiger partial charge in [0.15, 0.2) is 0 Å². The van der Waals surface area contributed by atoms with Crippen molar-refractivity contribution >= 4 is 8.53 Å². The van der Waals surface area contributed by atoms with E-state index in [1.807, 2.05) is 27.7 Å². The molecule has 4 saturated carbocycles. The maximum atomic E-state index is 8.52. The Balaban J connectivity index is -0.0000000897. The van der Waals surface area contributed by atoms with Crippen molar-refractivity contribution in [1.82, 2.24) is 9.57 Å². The molecule has 11 heteroatoms. The zero-order valence-electron chi connectivity index (χ0n) is 42.7. The van der Waals surface area contributed by atoms with Crippen LogP contribution in [0, 0.1) is 66.7 Å². The van der Waals surface area contributed by atoms with Crippen LogP contribution >= 0.6 is 8.53 Å². The molecule has 372 valence electrons. The molecule has 0 amide bonds. The third kappa shape index (κ3) is 52.2. The van der Waals surface area contributed by atoms with E-state index in [-0.39, 0.29) is 84.9 Å². The van der Waals surface area contributed by atoms with Gasteiger partial charge >= 0.3 is 55.2 Å². The van der Waals surface area contributed by atoms with E-state index in [9.17, 15) is 0 Å². The maximum absolute atomic E-state index is 8.52. The molecular weight excluding hydrogens is 1030 g/mol. The predicted molar refractivity (Wildman–Crippen MR) is 262 cm³/mol. The van der Waals surface area contributed by atoms with Crippen molar-refractivity contribution in [1.29, 1.82) is 5.26 Å². The second kappa shape index (κ2) is 65.7. The fourth-order valence-corrected chi connectivity index (χ4v) is 8.82. The minimum Gasteiger partial charge on any atom is -0.381 e. The van der Waals surface area contributed by atoms with Crippen molar-refractivity contribution < 1.29 is 73.7 Å². The van der Waals surface area contributed by atoms with Crippen LogP contribution in [0.1, 0.15) is 197 Å². The van der Waals surface area contributed by atoms with Gasteiger partial charge in [0, 0.05) is 45.1 Å². The summed E-state index contributed by atoms with van der Waals surface area (Å²) in [7, 11) is -1.08. The van der Waals surface area contributed by atoms with Gasteiger partial charge in [-0.2, -0.15) is 11.7 Å². The molecular formula is C50H106Fe2N3O4PW. The van der Waals surface area contributed by atoms with Gasteiger partial charge in [0.25, 0.3) is 8.53 Å². The second-order valence-electron chi connectivity index (χ2n) is 15.3.